The molecule has 0 saturated carbocycles. The quantitative estimate of drug-likeness (QED) is 0.862. The van der Waals surface area contributed by atoms with E-state index in [4.69, 9.17) is 5.73 Å². The minimum atomic E-state index is 0.800. The summed E-state index contributed by atoms with van der Waals surface area (Å²) in [4.78, 5) is 9.21. The molecule has 0 atom stereocenters. The van der Waals surface area contributed by atoms with Crippen molar-refractivity contribution < 1.29 is 0 Å². The number of nitrogens with zero attached hydrogens (tertiary/aromatic N) is 3. The Bertz CT molecular complexity index is 565. The average Bonchev–Trinajstić information content (AvgIpc) is 2.97. The summed E-state index contributed by atoms with van der Waals surface area (Å²) in [5.74, 6) is 0. The second kappa shape index (κ2) is 6.11. The van der Waals surface area contributed by atoms with Gasteiger partial charge in [0.2, 0.25) is 0 Å². The van der Waals surface area contributed by atoms with Gasteiger partial charge in [0.25, 0.3) is 0 Å². The van der Waals surface area contributed by atoms with Crippen LogP contribution >= 0.6 is 27.3 Å². The zero-order valence-corrected chi connectivity index (χ0v) is 13.5. The van der Waals surface area contributed by atoms with Crippen molar-refractivity contribution in [3.05, 3.63) is 39.8 Å². The van der Waals surface area contributed by atoms with Crippen molar-refractivity contribution in [2.75, 3.05) is 36.8 Å². The van der Waals surface area contributed by atoms with E-state index in [2.05, 4.69) is 36.8 Å². The van der Waals surface area contributed by atoms with E-state index in [0.29, 0.717) is 0 Å². The van der Waals surface area contributed by atoms with E-state index in [1.54, 1.807) is 11.3 Å². The molecule has 2 N–H and O–H groups in total. The molecule has 0 aliphatic carbocycles. The van der Waals surface area contributed by atoms with Crippen LogP contribution < -0.4 is 10.6 Å². The molecule has 3 rings (SSSR count). The topological polar surface area (TPSA) is 45.4 Å². The minimum absolute atomic E-state index is 0.800. The molecule has 106 valence electrons. The number of piperazine rings is 1. The van der Waals surface area contributed by atoms with Gasteiger partial charge in [-0.15, -0.1) is 11.3 Å². The van der Waals surface area contributed by atoms with Crippen LogP contribution in [0.15, 0.2) is 34.2 Å². The smallest absolute Gasteiger partial charge is 0.185 e. The third-order valence-corrected chi connectivity index (χ3v) is 5.10. The van der Waals surface area contributed by atoms with Crippen LogP contribution in [0.1, 0.15) is 5.56 Å². The zero-order chi connectivity index (χ0) is 13.9. The lowest BCUT2D eigenvalue weighted by atomic mass is 10.2. The van der Waals surface area contributed by atoms with Crippen LogP contribution in [0.3, 0.4) is 0 Å². The molecule has 1 aliphatic rings. The first-order chi connectivity index (χ1) is 9.72. The fourth-order valence-electron chi connectivity index (χ4n) is 2.40. The number of nitrogens with two attached hydrogens (primary N) is 1. The average molecular weight is 353 g/mol. The summed E-state index contributed by atoms with van der Waals surface area (Å²) in [6.45, 7) is 5.18. The van der Waals surface area contributed by atoms with Crippen molar-refractivity contribution in [1.82, 2.24) is 9.88 Å². The Morgan fingerprint density at radius 1 is 1.25 bits per heavy atom. The maximum atomic E-state index is 5.78. The number of rotatable bonds is 3. The van der Waals surface area contributed by atoms with Crippen molar-refractivity contribution in [3.8, 4) is 0 Å². The fraction of sp³-hybridized carbons (Fsp3) is 0.357. The molecule has 0 unspecified atom stereocenters. The maximum Gasteiger partial charge on any atom is 0.185 e. The third kappa shape index (κ3) is 3.13. The van der Waals surface area contributed by atoms with Gasteiger partial charge in [0.1, 0.15) is 0 Å². The van der Waals surface area contributed by atoms with E-state index in [1.807, 2.05) is 23.7 Å². The standard InChI is InChI=1S/C14H17BrN4S/c15-13-9-12(16)2-1-11(13)10-18-4-6-19(7-5-18)14-17-3-8-20-14/h1-3,8-9H,4-7,10,16H2. The lowest BCUT2D eigenvalue weighted by Crippen LogP contribution is -2.45. The van der Waals surface area contributed by atoms with Crippen LogP contribution in [0.5, 0.6) is 0 Å². The van der Waals surface area contributed by atoms with Crippen molar-refractivity contribution in [1.29, 1.82) is 0 Å². The molecule has 2 aromatic rings. The van der Waals surface area contributed by atoms with Gasteiger partial charge in [-0.1, -0.05) is 22.0 Å². The molecular formula is C14H17BrN4S. The molecule has 6 heteroatoms. The number of hydrogen-bond donors (Lipinski definition) is 1. The largest absolute Gasteiger partial charge is 0.399 e. The summed E-state index contributed by atoms with van der Waals surface area (Å²) in [7, 11) is 0. The maximum absolute atomic E-state index is 5.78. The van der Waals surface area contributed by atoms with Gasteiger partial charge in [0.15, 0.2) is 5.13 Å². The Morgan fingerprint density at radius 2 is 2.05 bits per heavy atom. The Balaban J connectivity index is 1.58. The summed E-state index contributed by atoms with van der Waals surface area (Å²) in [5.41, 5.74) is 7.87. The lowest BCUT2D eigenvalue weighted by Gasteiger charge is -2.34. The van der Waals surface area contributed by atoms with Gasteiger partial charge >= 0.3 is 0 Å². The van der Waals surface area contributed by atoms with Crippen LogP contribution in [0.4, 0.5) is 10.8 Å². The predicted molar refractivity (Wildman–Crippen MR) is 88.2 cm³/mol. The van der Waals surface area contributed by atoms with Gasteiger partial charge in [-0.3, -0.25) is 4.90 Å². The molecule has 2 heterocycles. The van der Waals surface area contributed by atoms with Crippen molar-refractivity contribution in [2.45, 2.75) is 6.54 Å². The van der Waals surface area contributed by atoms with Crippen LogP contribution in [0.25, 0.3) is 0 Å². The Hall–Kier alpha value is -1.11. The molecule has 1 aromatic heterocycles. The predicted octanol–water partition coefficient (Wildman–Crippen LogP) is 2.81. The van der Waals surface area contributed by atoms with Gasteiger partial charge in [-0.25, -0.2) is 4.98 Å². The highest BCUT2D eigenvalue weighted by Gasteiger charge is 2.19. The zero-order valence-electron chi connectivity index (χ0n) is 11.1. The van der Waals surface area contributed by atoms with E-state index < -0.39 is 0 Å². The minimum Gasteiger partial charge on any atom is -0.399 e. The number of aromatic nitrogens is 1. The normalized spacial score (nSPS) is 16.6. The van der Waals surface area contributed by atoms with Gasteiger partial charge in [-0.2, -0.15) is 0 Å². The summed E-state index contributed by atoms with van der Waals surface area (Å²) < 4.78 is 1.10. The van der Waals surface area contributed by atoms with E-state index in [1.165, 1.54) is 5.56 Å². The first-order valence-corrected chi connectivity index (χ1v) is 8.30. The molecule has 1 fully saturated rings. The highest BCUT2D eigenvalue weighted by atomic mass is 79.9. The molecule has 0 amide bonds. The lowest BCUT2D eigenvalue weighted by molar-refractivity contribution is 0.249. The number of thiazole rings is 1. The second-order valence-corrected chi connectivity index (χ2v) is 6.66. The van der Waals surface area contributed by atoms with Gasteiger partial charge in [-0.05, 0) is 17.7 Å². The molecule has 0 radical (unpaired) electrons. The van der Waals surface area contributed by atoms with E-state index in [-0.39, 0.29) is 0 Å². The second-order valence-electron chi connectivity index (χ2n) is 4.93. The van der Waals surface area contributed by atoms with E-state index in [9.17, 15) is 0 Å². The molecular weight excluding hydrogens is 336 g/mol. The van der Waals surface area contributed by atoms with Crippen LogP contribution in [-0.2, 0) is 6.54 Å². The monoisotopic (exact) mass is 352 g/mol. The molecule has 1 saturated heterocycles. The van der Waals surface area contributed by atoms with Crippen LogP contribution in [0, 0.1) is 0 Å². The van der Waals surface area contributed by atoms with Gasteiger partial charge in [0.05, 0.1) is 0 Å². The van der Waals surface area contributed by atoms with Crippen LogP contribution in [-0.4, -0.2) is 36.1 Å². The number of nitrogen functional groups attached to an aromatic ring is 1. The molecule has 4 nitrogen and oxygen atoms in total. The molecule has 1 aliphatic heterocycles. The summed E-state index contributed by atoms with van der Waals surface area (Å²) in [6, 6.07) is 6.04. The Morgan fingerprint density at radius 3 is 2.70 bits per heavy atom. The Kier molecular flexibility index (Phi) is 4.24. The summed E-state index contributed by atoms with van der Waals surface area (Å²) in [5, 5.41) is 3.17. The van der Waals surface area contributed by atoms with Gasteiger partial charge < -0.3 is 10.6 Å². The number of anilines is 2. The summed E-state index contributed by atoms with van der Waals surface area (Å²) >= 11 is 5.31. The first-order valence-electron chi connectivity index (χ1n) is 6.63. The van der Waals surface area contributed by atoms with Crippen LogP contribution in [0.2, 0.25) is 0 Å². The van der Waals surface area contributed by atoms with E-state index >= 15 is 0 Å². The fourth-order valence-corrected chi connectivity index (χ4v) is 3.62. The molecule has 0 spiro atoms. The first kappa shape index (κ1) is 13.9. The van der Waals surface area contributed by atoms with Crippen molar-refractivity contribution in [2.24, 2.45) is 0 Å². The molecule has 0 bridgehead atoms. The highest BCUT2D eigenvalue weighted by Crippen LogP contribution is 2.23. The molecule has 20 heavy (non-hydrogen) atoms. The SMILES string of the molecule is Nc1ccc(CN2CCN(c3nccs3)CC2)c(Br)c1. The number of benzene rings is 1. The van der Waals surface area contributed by atoms with E-state index in [0.717, 1.165) is 48.0 Å². The Labute approximate surface area is 131 Å². The summed E-state index contributed by atoms with van der Waals surface area (Å²) in [6.07, 6.45) is 1.87. The molecule has 1 aromatic carbocycles. The van der Waals surface area contributed by atoms with Gasteiger partial charge in [0, 0.05) is 54.5 Å². The number of hydrogen-bond acceptors (Lipinski definition) is 5. The van der Waals surface area contributed by atoms with Crippen molar-refractivity contribution in [3.63, 3.8) is 0 Å². The number of halogens is 1. The third-order valence-electron chi connectivity index (χ3n) is 3.53. The van der Waals surface area contributed by atoms with Crippen molar-refractivity contribution >= 4 is 38.1 Å². The highest BCUT2D eigenvalue weighted by molar-refractivity contribution is 9.10.